The molecule has 1 aliphatic rings. The Labute approximate surface area is 99.8 Å². The molecule has 1 aromatic rings. The highest BCUT2D eigenvalue weighted by Crippen LogP contribution is 2.34. The number of esters is 1. The van der Waals surface area contributed by atoms with Crippen molar-refractivity contribution in [1.29, 1.82) is 0 Å². The van der Waals surface area contributed by atoms with Crippen LogP contribution < -0.4 is 9.47 Å². The molecule has 0 aromatic heterocycles. The maximum Gasteiger partial charge on any atom is 0.307 e. The fourth-order valence-electron chi connectivity index (χ4n) is 1.56. The molecule has 1 atom stereocenters. The van der Waals surface area contributed by atoms with Crippen LogP contribution in [0, 0.1) is 0 Å². The predicted molar refractivity (Wildman–Crippen MR) is 61.9 cm³/mol. The highest BCUT2D eigenvalue weighted by atomic mass is 16.7. The third-order valence-corrected chi connectivity index (χ3v) is 2.52. The molecule has 2 rings (SSSR count). The first-order chi connectivity index (χ1) is 8.16. The van der Waals surface area contributed by atoms with Crippen LogP contribution in [0.3, 0.4) is 0 Å². The van der Waals surface area contributed by atoms with Crippen molar-refractivity contribution in [3.05, 3.63) is 36.1 Å². The normalized spacial score (nSPS) is 14.9. The molecule has 1 heterocycles. The molecule has 0 amide bonds. The summed E-state index contributed by atoms with van der Waals surface area (Å²) in [5.41, 5.74) is 1.08. The third kappa shape index (κ3) is 2.78. The zero-order valence-corrected chi connectivity index (χ0v) is 9.80. The standard InChI is InChI=1S/C13H14O4/c1-9(5-6-15-10(2)14)11-3-4-12-13(7-11)17-8-16-12/h3-7,9H,8H2,1-2H3/b6-5+. The van der Waals surface area contributed by atoms with Crippen molar-refractivity contribution in [2.45, 2.75) is 19.8 Å². The summed E-state index contributed by atoms with van der Waals surface area (Å²) in [4.78, 5) is 10.6. The van der Waals surface area contributed by atoms with E-state index in [-0.39, 0.29) is 18.7 Å². The lowest BCUT2D eigenvalue weighted by atomic mass is 10.0. The molecule has 1 aliphatic heterocycles. The maximum absolute atomic E-state index is 10.6. The van der Waals surface area contributed by atoms with Crippen LogP contribution in [-0.2, 0) is 9.53 Å². The fraction of sp³-hybridized carbons (Fsp3) is 0.308. The van der Waals surface area contributed by atoms with Crippen LogP contribution in [0.5, 0.6) is 11.5 Å². The smallest absolute Gasteiger partial charge is 0.307 e. The molecule has 0 saturated heterocycles. The zero-order valence-electron chi connectivity index (χ0n) is 9.80. The van der Waals surface area contributed by atoms with Crippen LogP contribution in [0.4, 0.5) is 0 Å². The number of carbonyl (C=O) groups excluding carboxylic acids is 1. The van der Waals surface area contributed by atoms with E-state index in [9.17, 15) is 4.79 Å². The molecule has 0 saturated carbocycles. The lowest BCUT2D eigenvalue weighted by molar-refractivity contribution is -0.135. The summed E-state index contributed by atoms with van der Waals surface area (Å²) in [5.74, 6) is 1.35. The van der Waals surface area contributed by atoms with E-state index in [4.69, 9.17) is 14.2 Å². The molecule has 0 radical (unpaired) electrons. The average molecular weight is 234 g/mol. The van der Waals surface area contributed by atoms with E-state index in [1.165, 1.54) is 13.2 Å². The lowest BCUT2D eigenvalue weighted by Gasteiger charge is -2.07. The van der Waals surface area contributed by atoms with Crippen LogP contribution in [0.15, 0.2) is 30.5 Å². The molecule has 4 heteroatoms. The number of hydrogen-bond acceptors (Lipinski definition) is 4. The number of hydrogen-bond donors (Lipinski definition) is 0. The summed E-state index contributed by atoms with van der Waals surface area (Å²) < 4.78 is 15.3. The molecule has 17 heavy (non-hydrogen) atoms. The molecule has 1 unspecified atom stereocenters. The Balaban J connectivity index is 2.06. The Kier molecular flexibility index (Phi) is 3.32. The van der Waals surface area contributed by atoms with Gasteiger partial charge in [0.05, 0.1) is 6.26 Å². The largest absolute Gasteiger partial charge is 0.454 e. The van der Waals surface area contributed by atoms with Gasteiger partial charge >= 0.3 is 5.97 Å². The van der Waals surface area contributed by atoms with E-state index in [0.29, 0.717) is 0 Å². The number of fused-ring (bicyclic) bond motifs is 1. The van der Waals surface area contributed by atoms with Gasteiger partial charge in [0, 0.05) is 12.8 Å². The second kappa shape index (κ2) is 4.91. The van der Waals surface area contributed by atoms with Crippen molar-refractivity contribution in [3.63, 3.8) is 0 Å². The summed E-state index contributed by atoms with van der Waals surface area (Å²) in [5, 5.41) is 0. The second-order valence-electron chi connectivity index (χ2n) is 3.84. The Morgan fingerprint density at radius 3 is 2.94 bits per heavy atom. The Hall–Kier alpha value is -1.97. The van der Waals surface area contributed by atoms with E-state index < -0.39 is 0 Å². The van der Waals surface area contributed by atoms with Gasteiger partial charge in [-0.1, -0.05) is 13.0 Å². The predicted octanol–water partition coefficient (Wildman–Crippen LogP) is 2.60. The minimum Gasteiger partial charge on any atom is -0.454 e. The number of benzene rings is 1. The Bertz CT molecular complexity index is 451. The minimum absolute atomic E-state index is 0.142. The number of ether oxygens (including phenoxy) is 3. The van der Waals surface area contributed by atoms with Crippen LogP contribution in [0.2, 0.25) is 0 Å². The summed E-state index contributed by atoms with van der Waals surface area (Å²) in [6, 6.07) is 5.79. The van der Waals surface area contributed by atoms with E-state index in [1.54, 1.807) is 0 Å². The first-order valence-electron chi connectivity index (χ1n) is 5.40. The van der Waals surface area contributed by atoms with Crippen molar-refractivity contribution in [2.75, 3.05) is 6.79 Å². The van der Waals surface area contributed by atoms with Crippen LogP contribution in [0.25, 0.3) is 0 Å². The molecular formula is C13H14O4. The van der Waals surface area contributed by atoms with Gasteiger partial charge in [-0.2, -0.15) is 0 Å². The van der Waals surface area contributed by atoms with Crippen molar-refractivity contribution in [1.82, 2.24) is 0 Å². The van der Waals surface area contributed by atoms with Gasteiger partial charge in [-0.25, -0.2) is 0 Å². The van der Waals surface area contributed by atoms with Gasteiger partial charge in [-0.05, 0) is 23.8 Å². The number of rotatable bonds is 3. The highest BCUT2D eigenvalue weighted by molar-refractivity contribution is 5.66. The average Bonchev–Trinajstić information content (AvgIpc) is 2.75. The Morgan fingerprint density at radius 1 is 1.41 bits per heavy atom. The van der Waals surface area contributed by atoms with Gasteiger partial charge in [0.25, 0.3) is 0 Å². The van der Waals surface area contributed by atoms with Crippen molar-refractivity contribution < 1.29 is 19.0 Å². The monoisotopic (exact) mass is 234 g/mol. The summed E-state index contributed by atoms with van der Waals surface area (Å²) in [6.45, 7) is 3.66. The number of allylic oxidation sites excluding steroid dienone is 1. The van der Waals surface area contributed by atoms with Gasteiger partial charge in [0.1, 0.15) is 0 Å². The first-order valence-corrected chi connectivity index (χ1v) is 5.40. The molecule has 0 spiro atoms. The van der Waals surface area contributed by atoms with Gasteiger partial charge in [0.2, 0.25) is 6.79 Å². The molecule has 0 fully saturated rings. The summed E-state index contributed by atoms with van der Waals surface area (Å²) >= 11 is 0. The lowest BCUT2D eigenvalue weighted by Crippen LogP contribution is -1.93. The molecule has 0 bridgehead atoms. The van der Waals surface area contributed by atoms with Crippen molar-refractivity contribution in [2.24, 2.45) is 0 Å². The summed E-state index contributed by atoms with van der Waals surface area (Å²) in [6.07, 6.45) is 3.23. The van der Waals surface area contributed by atoms with Gasteiger partial charge in [-0.3, -0.25) is 4.79 Å². The molecule has 0 aliphatic carbocycles. The van der Waals surface area contributed by atoms with E-state index in [2.05, 4.69) is 0 Å². The second-order valence-corrected chi connectivity index (χ2v) is 3.84. The van der Waals surface area contributed by atoms with Crippen molar-refractivity contribution >= 4 is 5.97 Å². The van der Waals surface area contributed by atoms with Crippen LogP contribution in [0.1, 0.15) is 25.3 Å². The van der Waals surface area contributed by atoms with Gasteiger partial charge < -0.3 is 14.2 Å². The van der Waals surface area contributed by atoms with E-state index in [0.717, 1.165) is 17.1 Å². The zero-order chi connectivity index (χ0) is 12.3. The van der Waals surface area contributed by atoms with Crippen LogP contribution in [-0.4, -0.2) is 12.8 Å². The van der Waals surface area contributed by atoms with Crippen LogP contribution >= 0.6 is 0 Å². The Morgan fingerprint density at radius 2 is 2.18 bits per heavy atom. The first kappa shape index (κ1) is 11.5. The molecule has 0 N–H and O–H groups in total. The number of carbonyl (C=O) groups is 1. The molecule has 90 valence electrons. The SMILES string of the molecule is CC(=O)O/C=C/C(C)c1ccc2c(c1)OCO2. The van der Waals surface area contributed by atoms with Crippen molar-refractivity contribution in [3.8, 4) is 11.5 Å². The summed E-state index contributed by atoms with van der Waals surface area (Å²) in [7, 11) is 0. The van der Waals surface area contributed by atoms with E-state index >= 15 is 0 Å². The van der Waals surface area contributed by atoms with Gasteiger partial charge in [0.15, 0.2) is 11.5 Å². The molecular weight excluding hydrogens is 220 g/mol. The third-order valence-electron chi connectivity index (χ3n) is 2.52. The fourth-order valence-corrected chi connectivity index (χ4v) is 1.56. The topological polar surface area (TPSA) is 44.8 Å². The quantitative estimate of drug-likeness (QED) is 0.595. The minimum atomic E-state index is -0.320. The van der Waals surface area contributed by atoms with E-state index in [1.807, 2.05) is 31.2 Å². The molecule has 1 aromatic carbocycles. The molecule has 4 nitrogen and oxygen atoms in total. The maximum atomic E-state index is 10.6. The van der Waals surface area contributed by atoms with Gasteiger partial charge in [-0.15, -0.1) is 0 Å². The highest BCUT2D eigenvalue weighted by Gasteiger charge is 2.14.